The van der Waals surface area contributed by atoms with Crippen LogP contribution in [0.2, 0.25) is 10.0 Å². The molecular weight excluding hydrogens is 353 g/mol. The van der Waals surface area contributed by atoms with E-state index >= 15 is 0 Å². The molecule has 5 nitrogen and oxygen atoms in total. The molecule has 0 aliphatic heterocycles. The third-order valence-electron chi connectivity index (χ3n) is 3.20. The van der Waals surface area contributed by atoms with E-state index in [1.54, 1.807) is 4.52 Å². The van der Waals surface area contributed by atoms with Gasteiger partial charge in [-0.3, -0.25) is 0 Å². The van der Waals surface area contributed by atoms with Gasteiger partial charge in [0.05, 0.1) is 5.02 Å². The topological polar surface area (TPSA) is 55.1 Å². The third-order valence-corrected chi connectivity index (χ3v) is 4.60. The van der Waals surface area contributed by atoms with Crippen molar-refractivity contribution in [3.8, 4) is 11.4 Å². The average Bonchev–Trinajstić information content (AvgIpc) is 3.10. The van der Waals surface area contributed by atoms with Crippen LogP contribution in [0.15, 0.2) is 48.5 Å². The number of aromatic nitrogens is 4. The van der Waals surface area contributed by atoms with Gasteiger partial charge in [0.15, 0.2) is 5.82 Å². The molecule has 4 aromatic rings. The van der Waals surface area contributed by atoms with Crippen LogP contribution in [0, 0.1) is 0 Å². The van der Waals surface area contributed by atoms with Crippen LogP contribution in [0.5, 0.6) is 0 Å². The van der Waals surface area contributed by atoms with Gasteiger partial charge >= 0.3 is 0 Å². The Bertz CT molecular complexity index is 977. The number of benzene rings is 2. The summed E-state index contributed by atoms with van der Waals surface area (Å²) in [5, 5.41) is 18.1. The van der Waals surface area contributed by atoms with Crippen LogP contribution < -0.4 is 5.32 Å². The Morgan fingerprint density at radius 1 is 0.957 bits per heavy atom. The van der Waals surface area contributed by atoms with Crippen molar-refractivity contribution >= 4 is 50.3 Å². The van der Waals surface area contributed by atoms with Crippen LogP contribution in [0.4, 0.5) is 10.8 Å². The van der Waals surface area contributed by atoms with Gasteiger partial charge in [0.25, 0.3) is 0 Å². The first kappa shape index (κ1) is 14.4. The molecule has 2 aromatic heterocycles. The summed E-state index contributed by atoms with van der Waals surface area (Å²) < 4.78 is 1.68. The largest absolute Gasteiger partial charge is 0.330 e. The van der Waals surface area contributed by atoms with E-state index in [1.807, 2.05) is 48.5 Å². The zero-order valence-electron chi connectivity index (χ0n) is 11.6. The lowest BCUT2D eigenvalue weighted by Crippen LogP contribution is -1.94. The molecule has 0 bridgehead atoms. The molecule has 0 atom stereocenters. The maximum atomic E-state index is 6.23. The summed E-state index contributed by atoms with van der Waals surface area (Å²) in [5.74, 6) is 0.617. The van der Waals surface area contributed by atoms with Crippen molar-refractivity contribution in [1.82, 2.24) is 19.8 Å². The van der Waals surface area contributed by atoms with E-state index in [0.717, 1.165) is 11.3 Å². The molecule has 2 heterocycles. The fourth-order valence-corrected chi connectivity index (χ4v) is 3.24. The molecule has 1 N–H and O–H groups in total. The summed E-state index contributed by atoms with van der Waals surface area (Å²) in [5.41, 5.74) is 1.70. The second-order valence-corrected chi connectivity index (χ2v) is 6.54. The molecule has 4 rings (SSSR count). The van der Waals surface area contributed by atoms with Crippen LogP contribution in [-0.2, 0) is 0 Å². The highest BCUT2D eigenvalue weighted by Gasteiger charge is 2.15. The Labute approximate surface area is 145 Å². The first-order chi connectivity index (χ1) is 11.2. The molecule has 23 heavy (non-hydrogen) atoms. The van der Waals surface area contributed by atoms with Crippen LogP contribution in [0.3, 0.4) is 0 Å². The van der Waals surface area contributed by atoms with E-state index in [4.69, 9.17) is 23.2 Å². The second kappa shape index (κ2) is 5.81. The fourth-order valence-electron chi connectivity index (χ4n) is 2.13. The number of hydrogen-bond acceptors (Lipinski definition) is 5. The Morgan fingerprint density at radius 2 is 1.74 bits per heavy atom. The number of rotatable bonds is 3. The Kier molecular flexibility index (Phi) is 3.65. The van der Waals surface area contributed by atoms with E-state index in [2.05, 4.69) is 20.6 Å². The van der Waals surface area contributed by atoms with Crippen molar-refractivity contribution in [3.63, 3.8) is 0 Å². The van der Waals surface area contributed by atoms with Crippen molar-refractivity contribution in [1.29, 1.82) is 0 Å². The number of halogens is 2. The number of anilines is 2. The smallest absolute Gasteiger partial charge is 0.236 e. The molecule has 0 saturated carbocycles. The molecule has 0 saturated heterocycles. The lowest BCUT2D eigenvalue weighted by Gasteiger charge is -2.01. The van der Waals surface area contributed by atoms with Crippen LogP contribution in [0.25, 0.3) is 16.3 Å². The summed E-state index contributed by atoms with van der Waals surface area (Å²) in [6.07, 6.45) is 0. The molecule has 0 amide bonds. The van der Waals surface area contributed by atoms with Gasteiger partial charge in [-0.1, -0.05) is 46.7 Å². The summed E-state index contributed by atoms with van der Waals surface area (Å²) in [6.45, 7) is 0. The summed E-state index contributed by atoms with van der Waals surface area (Å²) >= 11 is 13.5. The number of nitrogens with one attached hydrogen (secondary N) is 1. The van der Waals surface area contributed by atoms with Gasteiger partial charge in [-0.15, -0.1) is 15.3 Å². The second-order valence-electron chi connectivity index (χ2n) is 4.74. The van der Waals surface area contributed by atoms with Crippen molar-refractivity contribution < 1.29 is 0 Å². The highest BCUT2D eigenvalue weighted by Crippen LogP contribution is 2.30. The Balaban J connectivity index is 1.72. The predicted octanol–water partition coefficient (Wildman–Crippen LogP) is 4.90. The van der Waals surface area contributed by atoms with Gasteiger partial charge in [-0.25, -0.2) is 0 Å². The van der Waals surface area contributed by atoms with E-state index < -0.39 is 0 Å². The SMILES string of the molecule is Clc1ccc(Nc2nn3c(-c4ccccc4Cl)nnc3s2)cc1. The van der Waals surface area contributed by atoms with Crippen LogP contribution in [0.1, 0.15) is 0 Å². The van der Waals surface area contributed by atoms with E-state index in [-0.39, 0.29) is 0 Å². The highest BCUT2D eigenvalue weighted by atomic mass is 35.5. The number of hydrogen-bond donors (Lipinski definition) is 1. The first-order valence-electron chi connectivity index (χ1n) is 6.70. The standard InChI is InChI=1S/C15H9Cl2N5S/c16-9-5-7-10(8-6-9)18-14-21-22-13(19-20-15(22)23-14)11-3-1-2-4-12(11)17/h1-8H,(H,18,21). The molecule has 0 aliphatic rings. The number of nitrogens with zero attached hydrogens (tertiary/aromatic N) is 4. The molecule has 0 spiro atoms. The Hall–Kier alpha value is -2.15. The molecule has 114 valence electrons. The maximum absolute atomic E-state index is 6.23. The van der Waals surface area contributed by atoms with Gasteiger partial charge in [0, 0.05) is 16.3 Å². The minimum absolute atomic E-state index is 0.613. The summed E-state index contributed by atoms with van der Waals surface area (Å²) in [6, 6.07) is 14.9. The van der Waals surface area contributed by atoms with Crippen molar-refractivity contribution in [3.05, 3.63) is 58.6 Å². The van der Waals surface area contributed by atoms with Gasteiger partial charge in [0.2, 0.25) is 10.1 Å². The van der Waals surface area contributed by atoms with Crippen molar-refractivity contribution in [2.45, 2.75) is 0 Å². The van der Waals surface area contributed by atoms with Gasteiger partial charge < -0.3 is 5.32 Å². The fraction of sp³-hybridized carbons (Fsp3) is 0. The van der Waals surface area contributed by atoms with Crippen LogP contribution >= 0.6 is 34.5 Å². The maximum Gasteiger partial charge on any atom is 0.236 e. The number of fused-ring (bicyclic) bond motifs is 1. The minimum Gasteiger partial charge on any atom is -0.330 e. The molecule has 0 fully saturated rings. The molecule has 0 radical (unpaired) electrons. The molecule has 0 unspecified atom stereocenters. The zero-order valence-corrected chi connectivity index (χ0v) is 13.9. The van der Waals surface area contributed by atoms with Gasteiger partial charge in [-0.2, -0.15) is 4.52 Å². The molecule has 2 aromatic carbocycles. The third kappa shape index (κ3) is 2.76. The lowest BCUT2D eigenvalue weighted by atomic mass is 10.2. The molecule has 0 aliphatic carbocycles. The lowest BCUT2D eigenvalue weighted by molar-refractivity contribution is 0.970. The van der Waals surface area contributed by atoms with E-state index in [0.29, 0.717) is 26.0 Å². The first-order valence-corrected chi connectivity index (χ1v) is 8.28. The normalized spacial score (nSPS) is 11.0. The van der Waals surface area contributed by atoms with Gasteiger partial charge in [0.1, 0.15) is 0 Å². The molecule has 8 heteroatoms. The average molecular weight is 362 g/mol. The molecular formula is C15H9Cl2N5S. The highest BCUT2D eigenvalue weighted by molar-refractivity contribution is 7.20. The van der Waals surface area contributed by atoms with Gasteiger partial charge in [-0.05, 0) is 36.4 Å². The summed E-state index contributed by atoms with van der Waals surface area (Å²) in [7, 11) is 0. The zero-order chi connectivity index (χ0) is 15.8. The Morgan fingerprint density at radius 3 is 2.52 bits per heavy atom. The predicted molar refractivity (Wildman–Crippen MR) is 93.8 cm³/mol. The van der Waals surface area contributed by atoms with Crippen molar-refractivity contribution in [2.75, 3.05) is 5.32 Å². The van der Waals surface area contributed by atoms with Crippen LogP contribution in [-0.4, -0.2) is 19.8 Å². The quantitative estimate of drug-likeness (QED) is 0.563. The summed E-state index contributed by atoms with van der Waals surface area (Å²) in [4.78, 5) is 0.691. The van der Waals surface area contributed by atoms with E-state index in [1.165, 1.54) is 11.3 Å². The van der Waals surface area contributed by atoms with E-state index in [9.17, 15) is 0 Å². The van der Waals surface area contributed by atoms with Crippen molar-refractivity contribution in [2.24, 2.45) is 0 Å². The minimum atomic E-state index is 0.613. The monoisotopic (exact) mass is 361 g/mol.